The molecule has 21 heavy (non-hydrogen) atoms. The molecule has 0 spiro atoms. The van der Waals surface area contributed by atoms with Crippen LogP contribution in [0.1, 0.15) is 11.1 Å². The van der Waals surface area contributed by atoms with E-state index in [2.05, 4.69) is 72.8 Å². The van der Waals surface area contributed by atoms with Crippen molar-refractivity contribution >= 4 is 22.9 Å². The molecule has 0 saturated carbocycles. The Morgan fingerprint density at radius 3 is 2.76 bits per heavy atom. The van der Waals surface area contributed by atoms with Gasteiger partial charge in [-0.1, -0.05) is 54.6 Å². The normalized spacial score (nSPS) is 14.1. The van der Waals surface area contributed by atoms with Gasteiger partial charge in [0, 0.05) is 0 Å². The number of rotatable bonds is 0. The van der Waals surface area contributed by atoms with Crippen LogP contribution in [0.2, 0.25) is 0 Å². The average Bonchev–Trinajstić information content (AvgIpc) is 2.90. The summed E-state index contributed by atoms with van der Waals surface area (Å²) in [4.78, 5) is 0. The zero-order chi connectivity index (χ0) is 13.8. The second kappa shape index (κ2) is 3.95. The van der Waals surface area contributed by atoms with Gasteiger partial charge < -0.3 is 0 Å². The Morgan fingerprint density at radius 2 is 1.76 bits per heavy atom. The molecular weight excluding hydrogens is 252 g/mol. The van der Waals surface area contributed by atoms with E-state index >= 15 is 0 Å². The van der Waals surface area contributed by atoms with Crippen molar-refractivity contribution in [2.45, 2.75) is 6.42 Å². The van der Waals surface area contributed by atoms with Crippen molar-refractivity contribution in [2.24, 2.45) is 0 Å². The van der Waals surface area contributed by atoms with E-state index in [1.54, 1.807) is 0 Å². The predicted octanol–water partition coefficient (Wildman–Crippen LogP) is 3.16. The van der Waals surface area contributed by atoms with Gasteiger partial charge in [0.2, 0.25) is 0 Å². The second-order valence-electron chi connectivity index (χ2n) is 5.82. The molecule has 0 N–H and O–H groups in total. The quantitative estimate of drug-likeness (QED) is 0.458. The lowest BCUT2D eigenvalue weighted by molar-refractivity contribution is 1.25. The fourth-order valence-electron chi connectivity index (χ4n) is 3.60. The number of benzene rings is 3. The third-order valence-electron chi connectivity index (χ3n) is 4.63. The topological polar surface area (TPSA) is 0 Å². The summed E-state index contributed by atoms with van der Waals surface area (Å²) in [6.07, 6.45) is 9.96. The van der Waals surface area contributed by atoms with Gasteiger partial charge in [-0.05, 0) is 67.4 Å². The Bertz CT molecular complexity index is 1150. The first kappa shape index (κ1) is 11.1. The van der Waals surface area contributed by atoms with Crippen LogP contribution in [0, 0.1) is 10.4 Å². The van der Waals surface area contributed by atoms with E-state index in [0.717, 1.165) is 6.42 Å². The molecule has 0 aromatic heterocycles. The Hall–Kier alpha value is -2.60. The molecule has 0 fully saturated rings. The van der Waals surface area contributed by atoms with Crippen molar-refractivity contribution in [2.75, 3.05) is 0 Å². The second-order valence-corrected chi connectivity index (χ2v) is 5.82. The molecular formula is C21H14. The van der Waals surface area contributed by atoms with Gasteiger partial charge in [0.25, 0.3) is 0 Å². The Labute approximate surface area is 122 Å². The molecule has 0 atom stereocenters. The lowest BCUT2D eigenvalue weighted by Crippen LogP contribution is -2.10. The zero-order valence-corrected chi connectivity index (χ0v) is 11.6. The molecule has 5 rings (SSSR count). The summed E-state index contributed by atoms with van der Waals surface area (Å²) in [7, 11) is 0. The van der Waals surface area contributed by atoms with E-state index in [1.165, 1.54) is 42.8 Å². The number of fused-ring (bicyclic) bond motifs is 5. The number of hydrogen-bond acceptors (Lipinski definition) is 0. The lowest BCUT2D eigenvalue weighted by Gasteiger charge is -2.09. The van der Waals surface area contributed by atoms with E-state index in [0.29, 0.717) is 0 Å². The third-order valence-corrected chi connectivity index (χ3v) is 4.63. The average molecular weight is 266 g/mol. The molecule has 3 aromatic rings. The number of hydrogen-bond donors (Lipinski definition) is 0. The van der Waals surface area contributed by atoms with Crippen LogP contribution in [0.3, 0.4) is 0 Å². The molecule has 0 nitrogen and oxygen atoms in total. The summed E-state index contributed by atoms with van der Waals surface area (Å²) in [6.45, 7) is 0. The highest BCUT2D eigenvalue weighted by Gasteiger charge is 2.08. The zero-order valence-electron chi connectivity index (χ0n) is 11.6. The Balaban J connectivity index is 1.99. The third kappa shape index (κ3) is 1.50. The smallest absolute Gasteiger partial charge is 0.00822 e. The maximum absolute atomic E-state index is 2.37. The van der Waals surface area contributed by atoms with Crippen molar-refractivity contribution in [3.8, 4) is 0 Å². The van der Waals surface area contributed by atoms with Gasteiger partial charge >= 0.3 is 0 Å². The van der Waals surface area contributed by atoms with Gasteiger partial charge in [-0.25, -0.2) is 0 Å². The SMILES string of the molecule is C1=CCc2c(ccc3cc4c(cc23)C=c2ccccc2=4)=C1. The van der Waals surface area contributed by atoms with Crippen LogP contribution in [-0.4, -0.2) is 0 Å². The summed E-state index contributed by atoms with van der Waals surface area (Å²) in [5.74, 6) is 0. The minimum Gasteiger partial charge on any atom is -0.0801 e. The van der Waals surface area contributed by atoms with Crippen LogP contribution in [0.4, 0.5) is 0 Å². The van der Waals surface area contributed by atoms with E-state index in [1.807, 2.05) is 0 Å². The summed E-state index contributed by atoms with van der Waals surface area (Å²) < 4.78 is 0. The highest BCUT2D eigenvalue weighted by Crippen LogP contribution is 2.23. The lowest BCUT2D eigenvalue weighted by atomic mass is 9.95. The highest BCUT2D eigenvalue weighted by molar-refractivity contribution is 5.89. The summed E-state index contributed by atoms with van der Waals surface area (Å²) in [6, 6.07) is 17.9. The molecule has 0 heterocycles. The Kier molecular flexibility index (Phi) is 2.09. The molecule has 0 radical (unpaired) electrons. The van der Waals surface area contributed by atoms with Crippen LogP contribution >= 0.6 is 0 Å². The van der Waals surface area contributed by atoms with Crippen molar-refractivity contribution in [3.63, 3.8) is 0 Å². The molecule has 0 aliphatic heterocycles. The van der Waals surface area contributed by atoms with Gasteiger partial charge in [-0.2, -0.15) is 0 Å². The van der Waals surface area contributed by atoms with Crippen molar-refractivity contribution in [1.82, 2.24) is 0 Å². The first-order valence-corrected chi connectivity index (χ1v) is 7.44. The fraction of sp³-hybridized carbons (Fsp3) is 0.0476. The summed E-state index contributed by atoms with van der Waals surface area (Å²) in [5, 5.41) is 8.17. The summed E-state index contributed by atoms with van der Waals surface area (Å²) in [5.41, 5.74) is 2.81. The van der Waals surface area contributed by atoms with Crippen molar-refractivity contribution in [3.05, 3.63) is 92.7 Å². The first-order valence-electron chi connectivity index (χ1n) is 7.44. The highest BCUT2D eigenvalue weighted by atomic mass is 14.1. The summed E-state index contributed by atoms with van der Waals surface area (Å²) >= 11 is 0. The van der Waals surface area contributed by atoms with Crippen LogP contribution in [0.5, 0.6) is 0 Å². The molecule has 2 aliphatic carbocycles. The molecule has 2 aliphatic rings. The van der Waals surface area contributed by atoms with Gasteiger partial charge in [0.15, 0.2) is 0 Å². The maximum atomic E-state index is 2.37. The predicted molar refractivity (Wildman–Crippen MR) is 88.2 cm³/mol. The molecule has 0 heteroatoms. The van der Waals surface area contributed by atoms with E-state index in [-0.39, 0.29) is 0 Å². The molecule has 98 valence electrons. The monoisotopic (exact) mass is 266 g/mol. The van der Waals surface area contributed by atoms with Crippen LogP contribution in [-0.2, 0) is 6.42 Å². The van der Waals surface area contributed by atoms with Gasteiger partial charge in [0.05, 0.1) is 0 Å². The van der Waals surface area contributed by atoms with E-state index in [4.69, 9.17) is 0 Å². The van der Waals surface area contributed by atoms with Crippen LogP contribution < -0.4 is 10.4 Å². The molecule has 0 unspecified atom stereocenters. The van der Waals surface area contributed by atoms with Gasteiger partial charge in [0.1, 0.15) is 0 Å². The minimum absolute atomic E-state index is 1.04. The molecule has 0 bridgehead atoms. The van der Waals surface area contributed by atoms with Crippen LogP contribution in [0.15, 0.2) is 60.7 Å². The van der Waals surface area contributed by atoms with Crippen molar-refractivity contribution in [1.29, 1.82) is 0 Å². The maximum Gasteiger partial charge on any atom is -0.00822 e. The van der Waals surface area contributed by atoms with Gasteiger partial charge in [-0.3, -0.25) is 0 Å². The van der Waals surface area contributed by atoms with E-state index < -0.39 is 0 Å². The fourth-order valence-corrected chi connectivity index (χ4v) is 3.60. The molecule has 3 aromatic carbocycles. The Morgan fingerprint density at radius 1 is 0.810 bits per heavy atom. The van der Waals surface area contributed by atoms with Gasteiger partial charge in [-0.15, -0.1) is 0 Å². The molecule has 0 amide bonds. The first-order chi connectivity index (χ1) is 10.4. The minimum atomic E-state index is 1.04. The largest absolute Gasteiger partial charge is 0.0801 e. The molecule has 0 saturated heterocycles. The van der Waals surface area contributed by atoms with Crippen LogP contribution in [0.25, 0.3) is 22.9 Å². The number of allylic oxidation sites excluding steroid dienone is 2. The van der Waals surface area contributed by atoms with Crippen molar-refractivity contribution < 1.29 is 0 Å². The van der Waals surface area contributed by atoms with E-state index in [9.17, 15) is 0 Å². The standard InChI is InChI=1S/C21H14/c1-3-7-18-14(5-1)9-10-16-12-21-17(13-20(16)18)11-15-6-2-4-8-19(15)21/h1-6,8-13H,7H2.